The average molecular weight is 405 g/mol. The highest BCUT2D eigenvalue weighted by molar-refractivity contribution is 7.93. The molecule has 9 nitrogen and oxygen atoms in total. The lowest BCUT2D eigenvalue weighted by Crippen LogP contribution is -2.25. The maximum Gasteiger partial charge on any atom is 0.273 e. The smallest absolute Gasteiger partial charge is 0.273 e. The molecular weight excluding hydrogens is 386 g/mol. The van der Waals surface area contributed by atoms with Gasteiger partial charge in [0.2, 0.25) is 10.0 Å². The van der Waals surface area contributed by atoms with Crippen LogP contribution < -0.4 is 14.4 Å². The first-order valence-electron chi connectivity index (χ1n) is 8.48. The minimum absolute atomic E-state index is 0.0971. The number of sulfonamides is 1. The maximum atomic E-state index is 12.6. The van der Waals surface area contributed by atoms with Gasteiger partial charge >= 0.3 is 0 Å². The number of hydrogen-bond donors (Lipinski definition) is 1. The summed E-state index contributed by atoms with van der Waals surface area (Å²) >= 11 is 0. The first kappa shape index (κ1) is 19.6. The van der Waals surface area contributed by atoms with Crippen LogP contribution in [0.3, 0.4) is 0 Å². The molecule has 1 amide bonds. The third kappa shape index (κ3) is 3.63. The Morgan fingerprint density at radius 3 is 2.64 bits per heavy atom. The van der Waals surface area contributed by atoms with Gasteiger partial charge in [0.15, 0.2) is 0 Å². The van der Waals surface area contributed by atoms with Crippen LogP contribution in [0.25, 0.3) is 0 Å². The molecule has 2 aromatic carbocycles. The first-order valence-corrected chi connectivity index (χ1v) is 10.1. The number of rotatable bonds is 5. The fraction of sp³-hybridized carbons (Fsp3) is 0.278. The van der Waals surface area contributed by atoms with E-state index in [0.29, 0.717) is 24.3 Å². The fourth-order valence-electron chi connectivity index (χ4n) is 3.12. The van der Waals surface area contributed by atoms with E-state index in [4.69, 9.17) is 4.74 Å². The van der Waals surface area contributed by atoms with Crippen LogP contribution in [0.1, 0.15) is 22.3 Å². The van der Waals surface area contributed by atoms with Crippen LogP contribution in [0.15, 0.2) is 36.4 Å². The number of anilines is 2. The Hall–Kier alpha value is -3.14. The Kier molecular flexibility index (Phi) is 5.23. The standard InChI is InChI=1S/C18H19N3O6S/c1-12-14(5-3-6-16(12)21(23)24)18(22)19-15-8-7-13(11-17(15)27-2)20-9-4-10-28(20,25)26/h3,5-8,11H,4,9-10H2,1-2H3,(H,19,22). The molecular formula is C18H19N3O6S. The van der Waals surface area contributed by atoms with Crippen LogP contribution in [0.4, 0.5) is 17.1 Å². The van der Waals surface area contributed by atoms with Gasteiger partial charge in [0, 0.05) is 29.8 Å². The lowest BCUT2D eigenvalue weighted by molar-refractivity contribution is -0.385. The van der Waals surface area contributed by atoms with Gasteiger partial charge in [-0.25, -0.2) is 8.42 Å². The van der Waals surface area contributed by atoms with Gasteiger partial charge in [-0.2, -0.15) is 0 Å². The normalized spacial score (nSPS) is 15.3. The summed E-state index contributed by atoms with van der Waals surface area (Å²) in [6.07, 6.45) is 0.551. The van der Waals surface area contributed by atoms with Gasteiger partial charge in [0.25, 0.3) is 11.6 Å². The van der Waals surface area contributed by atoms with Crippen molar-refractivity contribution in [1.29, 1.82) is 0 Å². The van der Waals surface area contributed by atoms with Crippen LogP contribution >= 0.6 is 0 Å². The molecule has 1 fully saturated rings. The van der Waals surface area contributed by atoms with Gasteiger partial charge in [0.05, 0.1) is 29.2 Å². The molecule has 1 saturated heterocycles. The van der Waals surface area contributed by atoms with Gasteiger partial charge in [-0.1, -0.05) is 6.07 Å². The Balaban J connectivity index is 1.90. The molecule has 0 aliphatic carbocycles. The van der Waals surface area contributed by atoms with Crippen molar-refractivity contribution in [2.45, 2.75) is 13.3 Å². The number of nitro benzene ring substituents is 1. The van der Waals surface area contributed by atoms with Crippen molar-refractivity contribution in [1.82, 2.24) is 0 Å². The van der Waals surface area contributed by atoms with Gasteiger partial charge < -0.3 is 10.1 Å². The van der Waals surface area contributed by atoms with Gasteiger partial charge in [0.1, 0.15) is 5.75 Å². The van der Waals surface area contributed by atoms with E-state index in [1.807, 2.05) is 0 Å². The molecule has 1 heterocycles. The van der Waals surface area contributed by atoms with E-state index in [-0.39, 0.29) is 28.3 Å². The van der Waals surface area contributed by atoms with Crippen molar-refractivity contribution in [3.05, 3.63) is 57.6 Å². The fourth-order valence-corrected chi connectivity index (χ4v) is 4.68. The van der Waals surface area contributed by atoms with Crippen molar-refractivity contribution >= 4 is 33.0 Å². The largest absolute Gasteiger partial charge is 0.494 e. The maximum absolute atomic E-state index is 12.6. The SMILES string of the molecule is COc1cc(N2CCCS2(=O)=O)ccc1NC(=O)c1cccc([N+](=O)[O-])c1C. The van der Waals surface area contributed by atoms with Crippen molar-refractivity contribution in [2.24, 2.45) is 0 Å². The zero-order valence-corrected chi connectivity index (χ0v) is 16.2. The van der Waals surface area contributed by atoms with E-state index < -0.39 is 20.9 Å². The number of nitrogens with zero attached hydrogens (tertiary/aromatic N) is 2. The summed E-state index contributed by atoms with van der Waals surface area (Å²) in [5.41, 5.74) is 1.07. The molecule has 148 valence electrons. The molecule has 10 heteroatoms. The molecule has 0 radical (unpaired) electrons. The number of nitro groups is 1. The minimum Gasteiger partial charge on any atom is -0.494 e. The molecule has 0 aromatic heterocycles. The predicted octanol–water partition coefficient (Wildman–Crippen LogP) is 2.70. The molecule has 0 atom stereocenters. The number of benzene rings is 2. The van der Waals surface area contributed by atoms with Crippen molar-refractivity contribution in [3.8, 4) is 5.75 Å². The van der Waals surface area contributed by atoms with E-state index in [2.05, 4.69) is 5.32 Å². The third-order valence-corrected chi connectivity index (χ3v) is 6.44. The molecule has 3 rings (SSSR count). The van der Waals surface area contributed by atoms with E-state index in [1.165, 1.54) is 36.5 Å². The Morgan fingerprint density at radius 2 is 2.04 bits per heavy atom. The van der Waals surface area contributed by atoms with Crippen molar-refractivity contribution < 1.29 is 22.9 Å². The monoisotopic (exact) mass is 405 g/mol. The summed E-state index contributed by atoms with van der Waals surface area (Å²) < 4.78 is 30.8. The summed E-state index contributed by atoms with van der Waals surface area (Å²) in [5, 5.41) is 13.7. The third-order valence-electron chi connectivity index (χ3n) is 4.57. The van der Waals surface area contributed by atoms with E-state index in [1.54, 1.807) is 18.2 Å². The second kappa shape index (κ2) is 7.47. The molecule has 0 spiro atoms. The number of ether oxygens (including phenoxy) is 1. The van der Waals surface area contributed by atoms with Crippen LogP contribution in [-0.4, -0.2) is 38.7 Å². The minimum atomic E-state index is -3.34. The van der Waals surface area contributed by atoms with Gasteiger partial charge in [-0.05, 0) is 31.5 Å². The van der Waals surface area contributed by atoms with Gasteiger partial charge in [-0.3, -0.25) is 19.2 Å². The molecule has 0 saturated carbocycles. The highest BCUT2D eigenvalue weighted by atomic mass is 32.2. The summed E-state index contributed by atoms with van der Waals surface area (Å²) in [5.74, 6) is -0.142. The Bertz CT molecular complexity index is 1050. The molecule has 0 unspecified atom stereocenters. The number of amides is 1. The summed E-state index contributed by atoms with van der Waals surface area (Å²) in [6, 6.07) is 8.94. The van der Waals surface area contributed by atoms with Crippen molar-refractivity contribution in [3.63, 3.8) is 0 Å². The van der Waals surface area contributed by atoms with Crippen LogP contribution in [0, 0.1) is 17.0 Å². The van der Waals surface area contributed by atoms with Crippen LogP contribution in [0.5, 0.6) is 5.75 Å². The van der Waals surface area contributed by atoms with E-state index in [9.17, 15) is 23.3 Å². The highest BCUT2D eigenvalue weighted by Gasteiger charge is 2.29. The number of hydrogen-bond acceptors (Lipinski definition) is 6. The van der Waals surface area contributed by atoms with E-state index >= 15 is 0 Å². The van der Waals surface area contributed by atoms with E-state index in [0.717, 1.165) is 0 Å². The summed E-state index contributed by atoms with van der Waals surface area (Å²) in [4.78, 5) is 23.2. The summed E-state index contributed by atoms with van der Waals surface area (Å²) in [7, 11) is -1.93. The van der Waals surface area contributed by atoms with Crippen LogP contribution in [-0.2, 0) is 10.0 Å². The zero-order valence-electron chi connectivity index (χ0n) is 15.3. The number of carbonyl (C=O) groups excluding carboxylic acids is 1. The second-order valence-electron chi connectivity index (χ2n) is 6.29. The van der Waals surface area contributed by atoms with Crippen LogP contribution in [0.2, 0.25) is 0 Å². The highest BCUT2D eigenvalue weighted by Crippen LogP contribution is 2.33. The lowest BCUT2D eigenvalue weighted by atomic mass is 10.1. The number of carbonyl (C=O) groups is 1. The molecule has 1 aliphatic rings. The second-order valence-corrected chi connectivity index (χ2v) is 8.30. The quantitative estimate of drug-likeness (QED) is 0.603. The number of nitrogens with one attached hydrogen (secondary N) is 1. The van der Waals surface area contributed by atoms with Crippen molar-refractivity contribution in [2.75, 3.05) is 29.0 Å². The van der Waals surface area contributed by atoms with Gasteiger partial charge in [-0.15, -0.1) is 0 Å². The Morgan fingerprint density at radius 1 is 1.29 bits per heavy atom. The topological polar surface area (TPSA) is 119 Å². The average Bonchev–Trinajstić information content (AvgIpc) is 3.01. The molecule has 1 N–H and O–H groups in total. The lowest BCUT2D eigenvalue weighted by Gasteiger charge is -2.19. The zero-order chi connectivity index (χ0) is 20.5. The molecule has 0 bridgehead atoms. The summed E-state index contributed by atoms with van der Waals surface area (Å²) in [6.45, 7) is 1.90. The Labute approximate surface area is 162 Å². The predicted molar refractivity (Wildman–Crippen MR) is 105 cm³/mol. The molecule has 1 aliphatic heterocycles. The first-order chi connectivity index (χ1) is 13.2. The number of methoxy groups -OCH3 is 1. The molecule has 2 aromatic rings. The molecule has 28 heavy (non-hydrogen) atoms.